The van der Waals surface area contributed by atoms with Crippen LogP contribution in [0.25, 0.3) is 0 Å². The average Bonchev–Trinajstić information content (AvgIpc) is 1.91. The Morgan fingerprint density at radius 2 is 2.00 bits per heavy atom. The summed E-state index contributed by atoms with van der Waals surface area (Å²) in [7, 11) is 0. The fraction of sp³-hybridized carbons (Fsp3) is 0. The summed E-state index contributed by atoms with van der Waals surface area (Å²) in [5.41, 5.74) is 0. The van der Waals surface area contributed by atoms with Gasteiger partial charge in [0.1, 0.15) is 0 Å². The number of rotatable bonds is 2. The van der Waals surface area contributed by atoms with E-state index in [1.54, 1.807) is 12.1 Å². The summed E-state index contributed by atoms with van der Waals surface area (Å²) < 4.78 is 14.9. The van der Waals surface area contributed by atoms with Crippen molar-refractivity contribution < 1.29 is 19.1 Å². The summed E-state index contributed by atoms with van der Waals surface area (Å²) in [6, 6.07) is 5.75. The maximum absolute atomic E-state index is 10.5. The molecule has 0 amide bonds. The molecule has 0 radical (unpaired) electrons. The van der Waals surface area contributed by atoms with Crippen LogP contribution in [0.1, 0.15) is 0 Å². The van der Waals surface area contributed by atoms with E-state index in [1.807, 2.05) is 0 Å². The highest BCUT2D eigenvalue weighted by Gasteiger charge is 2.17. The average molecular weight is 209 g/mol. The number of phenolic OH excluding ortho intramolecular Hbond substituents is 1. The first-order valence-corrected chi connectivity index (χ1v) is 5.47. The molecule has 0 aliphatic carbocycles. The molecule has 1 aromatic rings. The van der Waals surface area contributed by atoms with Crippen molar-refractivity contribution in [1.82, 2.24) is 0 Å². The zero-order chi connectivity index (χ0) is 9.19. The zero-order valence-electron chi connectivity index (χ0n) is 5.85. The van der Waals surface area contributed by atoms with Gasteiger partial charge in [-0.25, -0.2) is 4.57 Å². The number of aromatic hydroxyl groups is 1. The molecule has 1 atom stereocenters. The number of hydrogen-bond donors (Lipinski definition) is 2. The molecule has 1 aromatic carbocycles. The standard InChI is InChI=1S/C6H6ClO4P/c7-12(9,10)11-6-4-2-1-3-5(6)8/h1-4,8H,(H,9,10). The second kappa shape index (κ2) is 3.35. The first-order chi connectivity index (χ1) is 5.49. The Bertz CT molecular complexity index is 321. The lowest BCUT2D eigenvalue weighted by molar-refractivity contribution is 0.382. The fourth-order valence-corrected chi connectivity index (χ4v) is 1.28. The van der Waals surface area contributed by atoms with E-state index in [4.69, 9.17) is 21.2 Å². The van der Waals surface area contributed by atoms with Crippen molar-refractivity contribution >= 4 is 18.2 Å². The van der Waals surface area contributed by atoms with Crippen LogP contribution in [0, 0.1) is 0 Å². The molecule has 0 aliphatic rings. The monoisotopic (exact) mass is 208 g/mol. The van der Waals surface area contributed by atoms with Gasteiger partial charge in [0.15, 0.2) is 11.5 Å². The number of hydrogen-bond acceptors (Lipinski definition) is 3. The summed E-state index contributed by atoms with van der Waals surface area (Å²) in [4.78, 5) is 8.58. The molecule has 0 saturated heterocycles. The van der Waals surface area contributed by atoms with E-state index >= 15 is 0 Å². The Kier molecular flexibility index (Phi) is 2.62. The Labute approximate surface area is 73.7 Å². The van der Waals surface area contributed by atoms with E-state index < -0.39 is 6.95 Å². The van der Waals surface area contributed by atoms with Crippen LogP contribution in [0.2, 0.25) is 0 Å². The molecule has 0 aliphatic heterocycles. The minimum Gasteiger partial charge on any atom is -0.504 e. The van der Waals surface area contributed by atoms with E-state index in [-0.39, 0.29) is 11.5 Å². The van der Waals surface area contributed by atoms with Gasteiger partial charge in [0.2, 0.25) is 0 Å². The largest absolute Gasteiger partial charge is 0.504 e. The van der Waals surface area contributed by atoms with Gasteiger partial charge in [-0.05, 0) is 12.1 Å². The van der Waals surface area contributed by atoms with Crippen LogP contribution in [0.5, 0.6) is 11.5 Å². The van der Waals surface area contributed by atoms with Crippen LogP contribution in [0.4, 0.5) is 0 Å². The summed E-state index contributed by atoms with van der Waals surface area (Å²) in [5, 5.41) is 9.06. The van der Waals surface area contributed by atoms with Gasteiger partial charge in [-0.2, -0.15) is 0 Å². The number of halogens is 1. The van der Waals surface area contributed by atoms with Gasteiger partial charge in [-0.3, -0.25) is 0 Å². The summed E-state index contributed by atoms with van der Waals surface area (Å²) in [6.07, 6.45) is 0. The van der Waals surface area contributed by atoms with Crippen molar-refractivity contribution in [3.63, 3.8) is 0 Å². The first kappa shape index (κ1) is 9.39. The fourth-order valence-electron chi connectivity index (χ4n) is 0.656. The van der Waals surface area contributed by atoms with Crippen LogP contribution < -0.4 is 4.52 Å². The third-order valence-electron chi connectivity index (χ3n) is 1.08. The SMILES string of the molecule is O=P(O)(Cl)Oc1ccccc1O. The number of benzene rings is 1. The van der Waals surface area contributed by atoms with Gasteiger partial charge in [0.05, 0.1) is 0 Å². The summed E-state index contributed by atoms with van der Waals surface area (Å²) in [5.74, 6) is -0.342. The Balaban J connectivity index is 2.90. The molecular weight excluding hydrogens is 202 g/mol. The van der Waals surface area contributed by atoms with Gasteiger partial charge in [0.25, 0.3) is 0 Å². The van der Waals surface area contributed by atoms with Gasteiger partial charge in [-0.15, -0.1) is 0 Å². The third-order valence-corrected chi connectivity index (χ3v) is 1.71. The van der Waals surface area contributed by atoms with Crippen molar-refractivity contribution in [1.29, 1.82) is 0 Å². The molecule has 4 nitrogen and oxygen atoms in total. The van der Waals surface area contributed by atoms with Crippen LogP contribution in [-0.4, -0.2) is 10.00 Å². The van der Waals surface area contributed by atoms with Crippen molar-refractivity contribution in [2.45, 2.75) is 0 Å². The van der Waals surface area contributed by atoms with Crippen LogP contribution >= 0.6 is 18.2 Å². The molecule has 66 valence electrons. The van der Waals surface area contributed by atoms with Crippen molar-refractivity contribution in [2.24, 2.45) is 0 Å². The van der Waals surface area contributed by atoms with Gasteiger partial charge in [-0.1, -0.05) is 12.1 Å². The lowest BCUT2D eigenvalue weighted by atomic mass is 10.3. The minimum absolute atomic E-state index is 0.113. The second-order valence-corrected chi connectivity index (χ2v) is 4.38. The Hall–Kier alpha value is -0.700. The number of para-hydroxylation sites is 2. The Morgan fingerprint density at radius 3 is 2.50 bits per heavy atom. The highest BCUT2D eigenvalue weighted by molar-refractivity contribution is 7.80. The molecule has 1 rings (SSSR count). The topological polar surface area (TPSA) is 66.8 Å². The van der Waals surface area contributed by atoms with Gasteiger partial charge in [0, 0.05) is 11.2 Å². The maximum Gasteiger partial charge on any atom is 0.474 e. The van der Waals surface area contributed by atoms with Crippen molar-refractivity contribution in [3.8, 4) is 11.5 Å². The molecule has 0 fully saturated rings. The summed E-state index contributed by atoms with van der Waals surface area (Å²) in [6.45, 7) is -4.10. The molecule has 0 saturated carbocycles. The predicted molar refractivity (Wildman–Crippen MR) is 44.4 cm³/mol. The van der Waals surface area contributed by atoms with E-state index in [1.165, 1.54) is 12.1 Å². The summed E-state index contributed by atoms with van der Waals surface area (Å²) >= 11 is 4.92. The molecule has 0 aromatic heterocycles. The van der Waals surface area contributed by atoms with Crippen LogP contribution in [0.3, 0.4) is 0 Å². The Morgan fingerprint density at radius 1 is 1.42 bits per heavy atom. The second-order valence-electron chi connectivity index (χ2n) is 2.01. The zero-order valence-corrected chi connectivity index (χ0v) is 7.50. The molecular formula is C6H6ClO4P. The van der Waals surface area contributed by atoms with E-state index in [9.17, 15) is 4.57 Å². The molecule has 0 spiro atoms. The lowest BCUT2D eigenvalue weighted by Crippen LogP contribution is -1.85. The highest BCUT2D eigenvalue weighted by Crippen LogP contribution is 2.49. The van der Waals surface area contributed by atoms with E-state index in [0.29, 0.717) is 0 Å². The van der Waals surface area contributed by atoms with Crippen LogP contribution in [0.15, 0.2) is 24.3 Å². The van der Waals surface area contributed by atoms with E-state index in [2.05, 4.69) is 4.52 Å². The maximum atomic E-state index is 10.5. The smallest absolute Gasteiger partial charge is 0.474 e. The molecule has 1 unspecified atom stereocenters. The normalized spacial score (nSPS) is 15.2. The molecule has 0 heterocycles. The first-order valence-electron chi connectivity index (χ1n) is 2.99. The lowest BCUT2D eigenvalue weighted by Gasteiger charge is -2.06. The van der Waals surface area contributed by atoms with Crippen molar-refractivity contribution in [3.05, 3.63) is 24.3 Å². The van der Waals surface area contributed by atoms with E-state index in [0.717, 1.165) is 0 Å². The molecule has 2 N–H and O–H groups in total. The quantitative estimate of drug-likeness (QED) is 0.731. The highest BCUT2D eigenvalue weighted by atomic mass is 35.7. The number of phenols is 1. The third kappa shape index (κ3) is 2.74. The molecule has 0 bridgehead atoms. The molecule has 12 heavy (non-hydrogen) atoms. The van der Waals surface area contributed by atoms with Crippen LogP contribution in [-0.2, 0) is 4.57 Å². The predicted octanol–water partition coefficient (Wildman–Crippen LogP) is 2.11. The molecule has 6 heteroatoms. The van der Waals surface area contributed by atoms with Crippen molar-refractivity contribution in [2.75, 3.05) is 0 Å². The van der Waals surface area contributed by atoms with Gasteiger partial charge < -0.3 is 14.5 Å². The van der Waals surface area contributed by atoms with Gasteiger partial charge >= 0.3 is 6.95 Å². The minimum atomic E-state index is -4.10.